The van der Waals surface area contributed by atoms with Gasteiger partial charge in [-0.05, 0) is 18.6 Å². The Kier molecular flexibility index (Phi) is 3.23. The molecule has 1 aliphatic heterocycles. The van der Waals surface area contributed by atoms with Crippen LogP contribution in [0.15, 0.2) is 34.9 Å². The number of rotatable bonds is 4. The van der Waals surface area contributed by atoms with Crippen molar-refractivity contribution < 1.29 is 14.0 Å². The molecule has 1 atom stereocenters. The fraction of sp³-hybridized carbons (Fsp3) is 0.385. The molecule has 2 heterocycles. The highest BCUT2D eigenvalue weighted by molar-refractivity contribution is 5.20. The lowest BCUT2D eigenvalue weighted by molar-refractivity contribution is 0.192. The maximum atomic E-state index is 5.54. The van der Waals surface area contributed by atoms with Crippen molar-refractivity contribution in [2.45, 2.75) is 18.9 Å². The van der Waals surface area contributed by atoms with Crippen LogP contribution in [0.5, 0.6) is 5.75 Å². The van der Waals surface area contributed by atoms with Crippen molar-refractivity contribution in [2.24, 2.45) is 0 Å². The molecular formula is C13H14N2O3. The third-order valence-corrected chi connectivity index (χ3v) is 2.88. The molecule has 3 rings (SSSR count). The van der Waals surface area contributed by atoms with Gasteiger partial charge in [0.05, 0.1) is 6.61 Å². The molecule has 5 heteroatoms. The van der Waals surface area contributed by atoms with Gasteiger partial charge in [0.2, 0.25) is 0 Å². The molecule has 0 spiro atoms. The zero-order valence-electron chi connectivity index (χ0n) is 9.91. The van der Waals surface area contributed by atoms with E-state index in [-0.39, 0.29) is 5.92 Å². The first kappa shape index (κ1) is 11.2. The Morgan fingerprint density at radius 1 is 1.28 bits per heavy atom. The van der Waals surface area contributed by atoms with Crippen LogP contribution in [0.4, 0.5) is 0 Å². The molecule has 0 N–H and O–H groups in total. The highest BCUT2D eigenvalue weighted by atomic mass is 16.5. The monoisotopic (exact) mass is 246 g/mol. The summed E-state index contributed by atoms with van der Waals surface area (Å²) < 4.78 is 16.0. The highest BCUT2D eigenvalue weighted by Crippen LogP contribution is 2.22. The van der Waals surface area contributed by atoms with E-state index in [4.69, 9.17) is 14.0 Å². The van der Waals surface area contributed by atoms with E-state index < -0.39 is 0 Å². The Morgan fingerprint density at radius 2 is 2.17 bits per heavy atom. The smallest absolute Gasteiger partial charge is 0.264 e. The van der Waals surface area contributed by atoms with Gasteiger partial charge in [-0.25, -0.2) is 0 Å². The zero-order valence-corrected chi connectivity index (χ0v) is 9.91. The van der Waals surface area contributed by atoms with Crippen LogP contribution in [0, 0.1) is 0 Å². The number of nitrogens with zero attached hydrogens (tertiary/aromatic N) is 2. The Morgan fingerprint density at radius 3 is 2.94 bits per heavy atom. The van der Waals surface area contributed by atoms with Gasteiger partial charge >= 0.3 is 0 Å². The third kappa shape index (κ3) is 2.51. The van der Waals surface area contributed by atoms with Crippen LogP contribution < -0.4 is 4.74 Å². The number of benzene rings is 1. The van der Waals surface area contributed by atoms with E-state index in [9.17, 15) is 0 Å². The maximum absolute atomic E-state index is 5.54. The lowest BCUT2D eigenvalue weighted by Crippen LogP contribution is -2.01. The first-order chi connectivity index (χ1) is 8.92. The molecule has 1 aromatic carbocycles. The van der Waals surface area contributed by atoms with Crippen molar-refractivity contribution in [2.75, 3.05) is 13.2 Å². The van der Waals surface area contributed by atoms with Crippen LogP contribution in [0.1, 0.15) is 24.1 Å². The Hall–Kier alpha value is -1.88. The molecule has 2 aromatic rings. The van der Waals surface area contributed by atoms with Gasteiger partial charge in [0.15, 0.2) is 12.4 Å². The van der Waals surface area contributed by atoms with Crippen LogP contribution in [0.3, 0.4) is 0 Å². The number of aromatic nitrogens is 2. The number of hydrogen-bond acceptors (Lipinski definition) is 5. The van der Waals surface area contributed by atoms with Crippen LogP contribution >= 0.6 is 0 Å². The van der Waals surface area contributed by atoms with E-state index in [1.165, 1.54) is 0 Å². The molecule has 5 nitrogen and oxygen atoms in total. The molecule has 1 aromatic heterocycles. The fourth-order valence-electron chi connectivity index (χ4n) is 1.89. The van der Waals surface area contributed by atoms with Gasteiger partial charge in [-0.3, -0.25) is 0 Å². The summed E-state index contributed by atoms with van der Waals surface area (Å²) in [6.07, 6.45) is 0.957. The Balaban J connectivity index is 1.60. The second-order valence-corrected chi connectivity index (χ2v) is 4.21. The highest BCUT2D eigenvalue weighted by Gasteiger charge is 2.23. The summed E-state index contributed by atoms with van der Waals surface area (Å²) in [6, 6.07) is 9.57. The lowest BCUT2D eigenvalue weighted by atomic mass is 10.1. The van der Waals surface area contributed by atoms with Gasteiger partial charge in [-0.2, -0.15) is 4.98 Å². The SMILES string of the molecule is c1ccc(OCc2nc([C@@H]3CCOC3)no2)cc1. The minimum atomic E-state index is 0.263. The van der Waals surface area contributed by atoms with Crippen molar-refractivity contribution in [3.63, 3.8) is 0 Å². The molecule has 1 aliphatic rings. The van der Waals surface area contributed by atoms with Gasteiger partial charge in [-0.15, -0.1) is 0 Å². The average Bonchev–Trinajstić information content (AvgIpc) is 3.08. The van der Waals surface area contributed by atoms with Crippen LogP contribution in [-0.4, -0.2) is 23.4 Å². The zero-order chi connectivity index (χ0) is 12.2. The Bertz CT molecular complexity index is 492. The molecule has 1 fully saturated rings. The van der Waals surface area contributed by atoms with E-state index in [1.54, 1.807) is 0 Å². The summed E-state index contributed by atoms with van der Waals surface area (Å²) >= 11 is 0. The summed E-state index contributed by atoms with van der Waals surface area (Å²) in [7, 11) is 0. The summed E-state index contributed by atoms with van der Waals surface area (Å²) in [6.45, 7) is 1.75. The average molecular weight is 246 g/mol. The van der Waals surface area contributed by atoms with E-state index in [0.717, 1.165) is 24.6 Å². The molecule has 94 valence electrons. The largest absolute Gasteiger partial charge is 0.484 e. The van der Waals surface area contributed by atoms with Gasteiger partial charge in [-0.1, -0.05) is 23.4 Å². The minimum absolute atomic E-state index is 0.263. The molecule has 18 heavy (non-hydrogen) atoms. The van der Waals surface area contributed by atoms with Crippen LogP contribution in [0.25, 0.3) is 0 Å². The summed E-state index contributed by atoms with van der Waals surface area (Å²) in [5.74, 6) is 2.28. The fourth-order valence-corrected chi connectivity index (χ4v) is 1.89. The number of para-hydroxylation sites is 1. The first-order valence-electron chi connectivity index (χ1n) is 6.00. The second kappa shape index (κ2) is 5.18. The summed E-state index contributed by atoms with van der Waals surface area (Å²) in [5.41, 5.74) is 0. The van der Waals surface area contributed by atoms with Crippen LogP contribution in [0.2, 0.25) is 0 Å². The van der Waals surface area contributed by atoms with Gasteiger partial charge in [0, 0.05) is 12.5 Å². The molecule has 0 bridgehead atoms. The van der Waals surface area contributed by atoms with Crippen molar-refractivity contribution in [3.05, 3.63) is 42.0 Å². The topological polar surface area (TPSA) is 57.4 Å². The molecule has 0 amide bonds. The third-order valence-electron chi connectivity index (χ3n) is 2.88. The van der Waals surface area contributed by atoms with E-state index in [1.807, 2.05) is 30.3 Å². The summed E-state index contributed by atoms with van der Waals surface area (Å²) in [4.78, 5) is 4.32. The van der Waals surface area contributed by atoms with Crippen molar-refractivity contribution in [3.8, 4) is 5.75 Å². The predicted molar refractivity (Wildman–Crippen MR) is 63.2 cm³/mol. The molecule has 0 aliphatic carbocycles. The van der Waals surface area contributed by atoms with Gasteiger partial charge in [0.1, 0.15) is 5.75 Å². The first-order valence-corrected chi connectivity index (χ1v) is 6.00. The normalized spacial score (nSPS) is 19.0. The van der Waals surface area contributed by atoms with E-state index in [2.05, 4.69) is 10.1 Å². The predicted octanol–water partition coefficient (Wildman–Crippen LogP) is 2.15. The molecular weight excluding hydrogens is 232 g/mol. The lowest BCUT2D eigenvalue weighted by Gasteiger charge is -2.01. The molecule has 1 saturated heterocycles. The van der Waals surface area contributed by atoms with Crippen molar-refractivity contribution in [1.29, 1.82) is 0 Å². The van der Waals surface area contributed by atoms with Crippen LogP contribution in [-0.2, 0) is 11.3 Å². The second-order valence-electron chi connectivity index (χ2n) is 4.21. The van der Waals surface area contributed by atoms with Crippen molar-refractivity contribution in [1.82, 2.24) is 10.1 Å². The molecule has 0 radical (unpaired) electrons. The Labute approximate surface area is 105 Å². The standard InChI is InChI=1S/C13H14N2O3/c1-2-4-11(5-3-1)17-9-12-14-13(15-18-12)10-6-7-16-8-10/h1-5,10H,6-9H2/t10-/m1/s1. The van der Waals surface area contributed by atoms with Crippen molar-refractivity contribution >= 4 is 0 Å². The quantitative estimate of drug-likeness (QED) is 0.827. The van der Waals surface area contributed by atoms with E-state index >= 15 is 0 Å². The maximum Gasteiger partial charge on any atom is 0.264 e. The molecule has 0 saturated carbocycles. The number of hydrogen-bond donors (Lipinski definition) is 0. The van der Waals surface area contributed by atoms with Gasteiger partial charge in [0.25, 0.3) is 5.89 Å². The van der Waals surface area contributed by atoms with Gasteiger partial charge < -0.3 is 14.0 Å². The number of ether oxygens (including phenoxy) is 2. The summed E-state index contributed by atoms with van der Waals surface area (Å²) in [5, 5.41) is 3.96. The van der Waals surface area contributed by atoms with E-state index in [0.29, 0.717) is 19.1 Å². The minimum Gasteiger partial charge on any atom is -0.484 e. The molecule has 0 unspecified atom stereocenters.